The molecular weight excluding hydrogens is 218 g/mol. The van der Waals surface area contributed by atoms with Crippen molar-refractivity contribution in [3.05, 3.63) is 29.3 Å². The van der Waals surface area contributed by atoms with E-state index in [0.717, 1.165) is 30.8 Å². The summed E-state index contributed by atoms with van der Waals surface area (Å²) >= 11 is 0. The lowest BCUT2D eigenvalue weighted by atomic mass is 10.1. The average Bonchev–Trinajstić information content (AvgIpc) is 2.28. The number of carboxylic acid groups (broad SMARTS) is 1. The van der Waals surface area contributed by atoms with Gasteiger partial charge in [-0.1, -0.05) is 0 Å². The van der Waals surface area contributed by atoms with Gasteiger partial charge in [-0.15, -0.1) is 0 Å². The molecule has 0 atom stereocenters. The minimum absolute atomic E-state index is 0.360. The number of ether oxygens (including phenoxy) is 1. The van der Waals surface area contributed by atoms with Gasteiger partial charge in [-0.05, 0) is 37.1 Å². The zero-order chi connectivity index (χ0) is 12.8. The van der Waals surface area contributed by atoms with E-state index in [0.29, 0.717) is 5.56 Å². The molecule has 0 saturated carbocycles. The predicted molar refractivity (Wildman–Crippen MR) is 67.9 cm³/mol. The number of aromatic carboxylic acids is 1. The maximum atomic E-state index is 10.9. The van der Waals surface area contributed by atoms with Crippen LogP contribution in [-0.4, -0.2) is 38.4 Å². The molecule has 0 fully saturated rings. The molecule has 94 valence electrons. The second kappa shape index (κ2) is 6.25. The summed E-state index contributed by atoms with van der Waals surface area (Å²) in [6.07, 6.45) is 0.951. The van der Waals surface area contributed by atoms with Gasteiger partial charge in [0.2, 0.25) is 0 Å². The lowest BCUT2D eigenvalue weighted by Gasteiger charge is -2.20. The van der Waals surface area contributed by atoms with Crippen LogP contribution < -0.4 is 4.90 Å². The quantitative estimate of drug-likeness (QED) is 0.770. The molecular formula is C13H19NO3. The fourth-order valence-corrected chi connectivity index (χ4v) is 1.70. The number of methoxy groups -OCH3 is 1. The Kier molecular flexibility index (Phi) is 4.97. The van der Waals surface area contributed by atoms with E-state index in [9.17, 15) is 4.79 Å². The van der Waals surface area contributed by atoms with Crippen LogP contribution in [0.3, 0.4) is 0 Å². The van der Waals surface area contributed by atoms with Crippen molar-refractivity contribution in [2.24, 2.45) is 0 Å². The monoisotopic (exact) mass is 237 g/mol. The van der Waals surface area contributed by atoms with E-state index in [1.807, 2.05) is 26.1 Å². The number of benzene rings is 1. The zero-order valence-corrected chi connectivity index (χ0v) is 10.6. The van der Waals surface area contributed by atoms with E-state index in [1.54, 1.807) is 13.2 Å². The maximum absolute atomic E-state index is 10.9. The summed E-state index contributed by atoms with van der Waals surface area (Å²) in [6, 6.07) is 5.39. The van der Waals surface area contributed by atoms with E-state index in [1.165, 1.54) is 0 Å². The molecule has 1 aromatic rings. The Hall–Kier alpha value is -1.55. The van der Waals surface area contributed by atoms with Crippen LogP contribution in [0.25, 0.3) is 0 Å². The number of carbonyl (C=O) groups is 1. The molecule has 0 heterocycles. The number of anilines is 1. The molecule has 1 N–H and O–H groups in total. The van der Waals surface area contributed by atoms with Crippen LogP contribution in [0, 0.1) is 6.92 Å². The largest absolute Gasteiger partial charge is 0.478 e. The number of carboxylic acids is 1. The first-order valence-electron chi connectivity index (χ1n) is 5.60. The van der Waals surface area contributed by atoms with Crippen molar-refractivity contribution in [2.45, 2.75) is 13.3 Å². The van der Waals surface area contributed by atoms with Gasteiger partial charge in [0.25, 0.3) is 0 Å². The van der Waals surface area contributed by atoms with E-state index in [2.05, 4.69) is 4.90 Å². The SMILES string of the molecule is COCCCN(C)c1ccc(C(=O)O)c(C)c1. The molecule has 0 aliphatic rings. The molecule has 1 rings (SSSR count). The molecule has 4 heteroatoms. The van der Waals surface area contributed by atoms with Gasteiger partial charge in [0, 0.05) is 33.0 Å². The summed E-state index contributed by atoms with van der Waals surface area (Å²) in [5.74, 6) is -0.879. The van der Waals surface area contributed by atoms with Crippen molar-refractivity contribution in [2.75, 3.05) is 32.2 Å². The predicted octanol–water partition coefficient (Wildman–Crippen LogP) is 2.17. The molecule has 0 unspecified atom stereocenters. The van der Waals surface area contributed by atoms with Crippen LogP contribution in [0.1, 0.15) is 22.3 Å². The van der Waals surface area contributed by atoms with Gasteiger partial charge in [-0.25, -0.2) is 4.79 Å². The Labute approximate surface area is 102 Å². The van der Waals surface area contributed by atoms with E-state index >= 15 is 0 Å². The van der Waals surface area contributed by atoms with Crippen molar-refractivity contribution in [3.63, 3.8) is 0 Å². The molecule has 0 aromatic heterocycles. The van der Waals surface area contributed by atoms with Gasteiger partial charge in [0.05, 0.1) is 5.56 Å². The second-order valence-corrected chi connectivity index (χ2v) is 4.07. The smallest absolute Gasteiger partial charge is 0.335 e. The molecule has 0 radical (unpaired) electrons. The number of hydrogen-bond donors (Lipinski definition) is 1. The lowest BCUT2D eigenvalue weighted by Crippen LogP contribution is -2.20. The molecule has 0 aliphatic heterocycles. The minimum atomic E-state index is -0.879. The van der Waals surface area contributed by atoms with Crippen LogP contribution >= 0.6 is 0 Å². The highest BCUT2D eigenvalue weighted by molar-refractivity contribution is 5.89. The number of hydrogen-bond acceptors (Lipinski definition) is 3. The molecule has 1 aromatic carbocycles. The van der Waals surface area contributed by atoms with Crippen LogP contribution in [0.2, 0.25) is 0 Å². The first kappa shape index (κ1) is 13.5. The third-order valence-electron chi connectivity index (χ3n) is 2.72. The van der Waals surface area contributed by atoms with Crippen LogP contribution in [-0.2, 0) is 4.74 Å². The van der Waals surface area contributed by atoms with Crippen molar-refractivity contribution in [1.29, 1.82) is 0 Å². The highest BCUT2D eigenvalue weighted by Crippen LogP contribution is 2.18. The molecule has 0 spiro atoms. The Morgan fingerprint density at radius 2 is 2.18 bits per heavy atom. The molecule has 0 aliphatic carbocycles. The Bertz CT molecular complexity index is 390. The molecule has 0 bridgehead atoms. The fourth-order valence-electron chi connectivity index (χ4n) is 1.70. The molecule has 0 amide bonds. The normalized spacial score (nSPS) is 10.3. The summed E-state index contributed by atoms with van der Waals surface area (Å²) in [6.45, 7) is 3.44. The van der Waals surface area contributed by atoms with E-state index in [4.69, 9.17) is 9.84 Å². The van der Waals surface area contributed by atoms with Gasteiger partial charge in [-0.2, -0.15) is 0 Å². The summed E-state index contributed by atoms with van der Waals surface area (Å²) < 4.78 is 5.00. The topological polar surface area (TPSA) is 49.8 Å². The zero-order valence-electron chi connectivity index (χ0n) is 10.6. The highest BCUT2D eigenvalue weighted by atomic mass is 16.5. The van der Waals surface area contributed by atoms with Crippen LogP contribution in [0.4, 0.5) is 5.69 Å². The van der Waals surface area contributed by atoms with E-state index in [-0.39, 0.29) is 0 Å². The summed E-state index contributed by atoms with van der Waals surface area (Å²) in [4.78, 5) is 13.0. The van der Waals surface area contributed by atoms with Gasteiger partial charge >= 0.3 is 5.97 Å². The Morgan fingerprint density at radius 1 is 1.47 bits per heavy atom. The Balaban J connectivity index is 2.72. The highest BCUT2D eigenvalue weighted by Gasteiger charge is 2.08. The van der Waals surface area contributed by atoms with Crippen molar-refractivity contribution in [3.8, 4) is 0 Å². The minimum Gasteiger partial charge on any atom is -0.478 e. The fraction of sp³-hybridized carbons (Fsp3) is 0.462. The van der Waals surface area contributed by atoms with Gasteiger partial charge in [0.1, 0.15) is 0 Å². The average molecular weight is 237 g/mol. The van der Waals surface area contributed by atoms with Crippen molar-refractivity contribution in [1.82, 2.24) is 0 Å². The Morgan fingerprint density at radius 3 is 2.71 bits per heavy atom. The molecule has 17 heavy (non-hydrogen) atoms. The number of nitrogens with zero attached hydrogens (tertiary/aromatic N) is 1. The maximum Gasteiger partial charge on any atom is 0.335 e. The summed E-state index contributed by atoms with van der Waals surface area (Å²) in [5, 5.41) is 8.94. The van der Waals surface area contributed by atoms with Gasteiger partial charge in [0.15, 0.2) is 0 Å². The first-order valence-corrected chi connectivity index (χ1v) is 5.60. The summed E-state index contributed by atoms with van der Waals surface area (Å²) in [7, 11) is 3.68. The number of rotatable bonds is 6. The van der Waals surface area contributed by atoms with Crippen molar-refractivity contribution >= 4 is 11.7 Å². The third kappa shape index (κ3) is 3.75. The van der Waals surface area contributed by atoms with Gasteiger partial charge < -0.3 is 14.7 Å². The standard InChI is InChI=1S/C13H19NO3/c1-10-9-11(5-6-12(10)13(15)16)14(2)7-4-8-17-3/h5-6,9H,4,7-8H2,1-3H3,(H,15,16). The first-order chi connectivity index (χ1) is 8.06. The van der Waals surface area contributed by atoms with Crippen molar-refractivity contribution < 1.29 is 14.6 Å². The molecule has 4 nitrogen and oxygen atoms in total. The van der Waals surface area contributed by atoms with Crippen LogP contribution in [0.5, 0.6) is 0 Å². The molecule has 0 saturated heterocycles. The summed E-state index contributed by atoms with van der Waals surface area (Å²) in [5.41, 5.74) is 2.18. The number of aryl methyl sites for hydroxylation is 1. The lowest BCUT2D eigenvalue weighted by molar-refractivity contribution is 0.0696. The van der Waals surface area contributed by atoms with Crippen LogP contribution in [0.15, 0.2) is 18.2 Å². The van der Waals surface area contributed by atoms with Gasteiger partial charge in [-0.3, -0.25) is 0 Å². The second-order valence-electron chi connectivity index (χ2n) is 4.07. The third-order valence-corrected chi connectivity index (χ3v) is 2.72. The van der Waals surface area contributed by atoms with E-state index < -0.39 is 5.97 Å².